The highest BCUT2D eigenvalue weighted by Crippen LogP contribution is 2.11. The third kappa shape index (κ3) is 6.09. The number of rotatable bonds is 7. The van der Waals surface area contributed by atoms with E-state index in [1.54, 1.807) is 41.3 Å². The second-order valence-electron chi connectivity index (χ2n) is 4.75. The van der Waals surface area contributed by atoms with E-state index in [1.807, 2.05) is 7.05 Å². The number of hydrogen-bond acceptors (Lipinski definition) is 2. The van der Waals surface area contributed by atoms with Crippen LogP contribution in [0.1, 0.15) is 38.2 Å². The van der Waals surface area contributed by atoms with Gasteiger partial charge in [-0.05, 0) is 30.2 Å². The van der Waals surface area contributed by atoms with Crippen molar-refractivity contribution in [3.05, 3.63) is 35.9 Å². The molecule has 0 aliphatic rings. The van der Waals surface area contributed by atoms with Crippen molar-refractivity contribution in [2.45, 2.75) is 32.6 Å². The number of hydrogen-bond donors (Lipinski definition) is 1. The van der Waals surface area contributed by atoms with E-state index < -0.39 is 0 Å². The topological polar surface area (TPSA) is 40.5 Å². The highest BCUT2D eigenvalue weighted by Gasteiger charge is 2.03. The molecule has 0 aromatic heterocycles. The summed E-state index contributed by atoms with van der Waals surface area (Å²) < 4.78 is 0. The minimum Gasteiger partial charge on any atom is -0.508 e. The standard InChI is InChI=1S/C16H23NO2/c1-3-4-5-6-13-17(2)16(19)12-9-14-7-10-15(18)11-8-14/h7-12,18H,3-6,13H2,1-2H3/b12-9+. The lowest BCUT2D eigenvalue weighted by molar-refractivity contribution is -0.124. The van der Waals surface area contributed by atoms with Crippen LogP contribution in [0.15, 0.2) is 30.3 Å². The molecule has 0 bridgehead atoms. The van der Waals surface area contributed by atoms with Gasteiger partial charge in [0, 0.05) is 19.7 Å². The van der Waals surface area contributed by atoms with Crippen LogP contribution in [-0.4, -0.2) is 29.5 Å². The summed E-state index contributed by atoms with van der Waals surface area (Å²) in [6.45, 7) is 2.98. The number of benzene rings is 1. The molecule has 0 aliphatic carbocycles. The largest absolute Gasteiger partial charge is 0.508 e. The lowest BCUT2D eigenvalue weighted by atomic mass is 10.2. The predicted octanol–water partition coefficient (Wildman–Crippen LogP) is 3.44. The molecule has 0 saturated carbocycles. The van der Waals surface area contributed by atoms with Gasteiger partial charge in [-0.3, -0.25) is 4.79 Å². The highest BCUT2D eigenvalue weighted by atomic mass is 16.3. The molecule has 0 unspecified atom stereocenters. The lowest BCUT2D eigenvalue weighted by Crippen LogP contribution is -2.25. The minimum absolute atomic E-state index is 0.0181. The molecule has 0 fully saturated rings. The number of aromatic hydroxyl groups is 1. The molecule has 0 spiro atoms. The van der Waals surface area contributed by atoms with Crippen molar-refractivity contribution in [2.24, 2.45) is 0 Å². The zero-order valence-corrected chi connectivity index (χ0v) is 11.8. The first-order chi connectivity index (χ1) is 9.13. The molecule has 1 rings (SSSR count). The Balaban J connectivity index is 2.38. The van der Waals surface area contributed by atoms with Crippen LogP contribution < -0.4 is 0 Å². The first-order valence-electron chi connectivity index (χ1n) is 6.85. The van der Waals surface area contributed by atoms with E-state index >= 15 is 0 Å². The third-order valence-electron chi connectivity index (χ3n) is 3.03. The lowest BCUT2D eigenvalue weighted by Gasteiger charge is -2.14. The summed E-state index contributed by atoms with van der Waals surface area (Å²) in [5, 5.41) is 9.16. The fourth-order valence-electron chi connectivity index (χ4n) is 1.77. The van der Waals surface area contributed by atoms with Gasteiger partial charge in [0.2, 0.25) is 5.91 Å². The van der Waals surface area contributed by atoms with E-state index in [9.17, 15) is 4.79 Å². The van der Waals surface area contributed by atoms with Crippen LogP contribution in [0.4, 0.5) is 0 Å². The molecule has 1 aromatic carbocycles. The fraction of sp³-hybridized carbons (Fsp3) is 0.438. The van der Waals surface area contributed by atoms with Crippen molar-refractivity contribution < 1.29 is 9.90 Å². The highest BCUT2D eigenvalue weighted by molar-refractivity contribution is 5.91. The van der Waals surface area contributed by atoms with Gasteiger partial charge in [0.25, 0.3) is 0 Å². The third-order valence-corrected chi connectivity index (χ3v) is 3.03. The maximum Gasteiger partial charge on any atom is 0.246 e. The molecule has 0 radical (unpaired) electrons. The molecule has 1 aromatic rings. The van der Waals surface area contributed by atoms with Gasteiger partial charge >= 0.3 is 0 Å². The summed E-state index contributed by atoms with van der Waals surface area (Å²) in [6, 6.07) is 6.78. The number of likely N-dealkylation sites (N-methyl/N-ethyl adjacent to an activating group) is 1. The van der Waals surface area contributed by atoms with Gasteiger partial charge < -0.3 is 10.0 Å². The van der Waals surface area contributed by atoms with Crippen LogP contribution in [-0.2, 0) is 4.79 Å². The summed E-state index contributed by atoms with van der Waals surface area (Å²) in [4.78, 5) is 13.6. The van der Waals surface area contributed by atoms with Gasteiger partial charge in [-0.1, -0.05) is 38.3 Å². The number of unbranched alkanes of at least 4 members (excludes halogenated alkanes) is 3. The fourth-order valence-corrected chi connectivity index (χ4v) is 1.77. The molecule has 0 saturated heterocycles. The second kappa shape index (κ2) is 8.35. The quantitative estimate of drug-likeness (QED) is 0.603. The van der Waals surface area contributed by atoms with Crippen molar-refractivity contribution in [1.82, 2.24) is 4.90 Å². The SMILES string of the molecule is CCCCCCN(C)C(=O)/C=C/c1ccc(O)cc1. The van der Waals surface area contributed by atoms with Gasteiger partial charge in [0.05, 0.1) is 0 Å². The Morgan fingerprint density at radius 2 is 1.89 bits per heavy atom. The Morgan fingerprint density at radius 1 is 1.21 bits per heavy atom. The number of phenols is 1. The summed E-state index contributed by atoms with van der Waals surface area (Å²) in [7, 11) is 1.83. The number of amides is 1. The molecule has 104 valence electrons. The van der Waals surface area contributed by atoms with Gasteiger partial charge in [0.15, 0.2) is 0 Å². The smallest absolute Gasteiger partial charge is 0.246 e. The Labute approximate surface area is 115 Å². The van der Waals surface area contributed by atoms with Crippen LogP contribution in [0, 0.1) is 0 Å². The molecule has 19 heavy (non-hydrogen) atoms. The average Bonchev–Trinajstić information content (AvgIpc) is 2.42. The molecular weight excluding hydrogens is 238 g/mol. The zero-order chi connectivity index (χ0) is 14.1. The Bertz CT molecular complexity index is 409. The predicted molar refractivity (Wildman–Crippen MR) is 78.9 cm³/mol. The van der Waals surface area contributed by atoms with Gasteiger partial charge in [-0.15, -0.1) is 0 Å². The van der Waals surface area contributed by atoms with E-state index in [1.165, 1.54) is 19.3 Å². The number of carbonyl (C=O) groups is 1. The van der Waals surface area contributed by atoms with Crippen LogP contribution in [0.5, 0.6) is 5.75 Å². The maximum atomic E-state index is 11.8. The number of nitrogens with zero attached hydrogens (tertiary/aromatic N) is 1. The zero-order valence-electron chi connectivity index (χ0n) is 11.8. The molecular formula is C16H23NO2. The van der Waals surface area contributed by atoms with E-state index in [0.29, 0.717) is 0 Å². The van der Waals surface area contributed by atoms with Crippen molar-refractivity contribution in [3.8, 4) is 5.75 Å². The van der Waals surface area contributed by atoms with Crippen molar-refractivity contribution in [3.63, 3.8) is 0 Å². The summed E-state index contributed by atoms with van der Waals surface area (Å²) >= 11 is 0. The Hall–Kier alpha value is -1.77. The van der Waals surface area contributed by atoms with E-state index in [0.717, 1.165) is 18.5 Å². The van der Waals surface area contributed by atoms with Crippen molar-refractivity contribution >= 4 is 12.0 Å². The maximum absolute atomic E-state index is 11.8. The van der Waals surface area contributed by atoms with Crippen molar-refractivity contribution in [2.75, 3.05) is 13.6 Å². The first kappa shape index (κ1) is 15.3. The summed E-state index contributed by atoms with van der Waals surface area (Å²) in [5.74, 6) is 0.251. The Morgan fingerprint density at radius 3 is 2.53 bits per heavy atom. The summed E-state index contributed by atoms with van der Waals surface area (Å²) in [5.41, 5.74) is 0.908. The van der Waals surface area contributed by atoms with Gasteiger partial charge in [-0.2, -0.15) is 0 Å². The van der Waals surface area contributed by atoms with Gasteiger partial charge in [0.1, 0.15) is 5.75 Å². The number of phenolic OH excluding ortho intramolecular Hbond substituents is 1. The molecule has 1 amide bonds. The molecule has 3 nitrogen and oxygen atoms in total. The van der Waals surface area contributed by atoms with E-state index in [4.69, 9.17) is 5.11 Å². The van der Waals surface area contributed by atoms with Crippen LogP contribution >= 0.6 is 0 Å². The molecule has 0 atom stereocenters. The first-order valence-corrected chi connectivity index (χ1v) is 6.85. The van der Waals surface area contributed by atoms with Crippen LogP contribution in [0.2, 0.25) is 0 Å². The Kier molecular flexibility index (Phi) is 6.72. The average molecular weight is 261 g/mol. The van der Waals surface area contributed by atoms with Gasteiger partial charge in [-0.25, -0.2) is 0 Å². The second-order valence-corrected chi connectivity index (χ2v) is 4.75. The molecule has 1 N–H and O–H groups in total. The van der Waals surface area contributed by atoms with Crippen LogP contribution in [0.3, 0.4) is 0 Å². The van der Waals surface area contributed by atoms with Crippen molar-refractivity contribution in [1.29, 1.82) is 0 Å². The minimum atomic E-state index is 0.0181. The number of carbonyl (C=O) groups excluding carboxylic acids is 1. The summed E-state index contributed by atoms with van der Waals surface area (Å²) in [6.07, 6.45) is 8.01. The van der Waals surface area contributed by atoms with E-state index in [-0.39, 0.29) is 11.7 Å². The van der Waals surface area contributed by atoms with E-state index in [2.05, 4.69) is 6.92 Å². The normalized spacial score (nSPS) is 10.8. The monoisotopic (exact) mass is 261 g/mol. The molecule has 3 heteroatoms. The molecule has 0 aliphatic heterocycles. The van der Waals surface area contributed by atoms with Crippen LogP contribution in [0.25, 0.3) is 6.08 Å². The molecule has 0 heterocycles.